The van der Waals surface area contributed by atoms with E-state index in [1.807, 2.05) is 14.0 Å². The average molecular weight is 275 g/mol. The van der Waals surface area contributed by atoms with Gasteiger partial charge in [-0.25, -0.2) is 4.98 Å². The van der Waals surface area contributed by atoms with Gasteiger partial charge in [-0.2, -0.15) is 4.37 Å². The molecule has 0 atom stereocenters. The first-order valence-electron chi connectivity index (χ1n) is 5.70. The maximum atomic E-state index is 4.73. The highest BCUT2D eigenvalue weighted by molar-refractivity contribution is 7.22. The van der Waals surface area contributed by atoms with Crippen LogP contribution in [0.1, 0.15) is 11.3 Å². The molecule has 0 saturated heterocycles. The first-order valence-corrected chi connectivity index (χ1v) is 7.29. The van der Waals surface area contributed by atoms with Gasteiger partial charge < -0.3 is 5.32 Å². The molecular formula is C13H13N3S2. The Kier molecular flexibility index (Phi) is 2.80. The van der Waals surface area contributed by atoms with Gasteiger partial charge in [0.15, 0.2) is 0 Å². The summed E-state index contributed by atoms with van der Waals surface area (Å²) in [7, 11) is 1.92. The maximum Gasteiger partial charge on any atom is 0.129 e. The molecule has 2 heterocycles. The van der Waals surface area contributed by atoms with Crippen LogP contribution in [0.4, 0.5) is 5.00 Å². The van der Waals surface area contributed by atoms with Crippen LogP contribution in [0.25, 0.3) is 20.8 Å². The second-order valence-electron chi connectivity index (χ2n) is 4.21. The van der Waals surface area contributed by atoms with Crippen molar-refractivity contribution in [3.05, 3.63) is 29.5 Å². The van der Waals surface area contributed by atoms with E-state index in [4.69, 9.17) is 4.98 Å². The molecule has 18 heavy (non-hydrogen) atoms. The number of nitrogens with one attached hydrogen (secondary N) is 1. The Morgan fingerprint density at radius 2 is 2.06 bits per heavy atom. The van der Waals surface area contributed by atoms with E-state index in [2.05, 4.69) is 34.8 Å². The number of aromatic nitrogens is 2. The number of anilines is 1. The first kappa shape index (κ1) is 11.6. The fraction of sp³-hybridized carbons (Fsp3) is 0.231. The van der Waals surface area contributed by atoms with E-state index in [0.29, 0.717) is 0 Å². The van der Waals surface area contributed by atoms with Crippen molar-refractivity contribution in [1.82, 2.24) is 9.36 Å². The lowest BCUT2D eigenvalue weighted by atomic mass is 10.2. The fourth-order valence-corrected chi connectivity index (χ4v) is 3.80. The monoisotopic (exact) mass is 275 g/mol. The molecule has 5 heteroatoms. The highest BCUT2D eigenvalue weighted by Crippen LogP contribution is 2.38. The Hall–Kier alpha value is -1.46. The predicted octanol–water partition coefficient (Wildman–Crippen LogP) is 4.08. The standard InChI is InChI=1S/C13H13N3S2/c1-7-4-5-10-9(6-7)15-13(17-10)11-8(2)16-18-12(11)14-3/h4-6,14H,1-3H3. The molecule has 0 aliphatic heterocycles. The van der Waals surface area contributed by atoms with Gasteiger partial charge in [0.25, 0.3) is 0 Å². The molecule has 0 radical (unpaired) electrons. The molecule has 1 N–H and O–H groups in total. The van der Waals surface area contributed by atoms with Gasteiger partial charge in [-0.05, 0) is 43.1 Å². The highest BCUT2D eigenvalue weighted by atomic mass is 32.1. The van der Waals surface area contributed by atoms with Gasteiger partial charge in [0.05, 0.1) is 21.5 Å². The quantitative estimate of drug-likeness (QED) is 0.766. The van der Waals surface area contributed by atoms with E-state index in [-0.39, 0.29) is 0 Å². The minimum absolute atomic E-state index is 1.04. The van der Waals surface area contributed by atoms with Crippen molar-refractivity contribution >= 4 is 38.1 Å². The number of aryl methyl sites for hydroxylation is 2. The van der Waals surface area contributed by atoms with Crippen LogP contribution in [0.3, 0.4) is 0 Å². The molecule has 0 spiro atoms. The normalized spacial score (nSPS) is 11.1. The zero-order valence-corrected chi connectivity index (χ0v) is 12.1. The van der Waals surface area contributed by atoms with Crippen LogP contribution in [0, 0.1) is 13.8 Å². The van der Waals surface area contributed by atoms with Crippen LogP contribution >= 0.6 is 22.9 Å². The van der Waals surface area contributed by atoms with Crippen LogP contribution in [-0.2, 0) is 0 Å². The summed E-state index contributed by atoms with van der Waals surface area (Å²) in [4.78, 5) is 4.73. The summed E-state index contributed by atoms with van der Waals surface area (Å²) < 4.78 is 5.62. The zero-order valence-electron chi connectivity index (χ0n) is 10.4. The largest absolute Gasteiger partial charge is 0.378 e. The predicted molar refractivity (Wildman–Crippen MR) is 79.7 cm³/mol. The van der Waals surface area contributed by atoms with Crippen LogP contribution in [0.15, 0.2) is 18.2 Å². The Morgan fingerprint density at radius 1 is 1.22 bits per heavy atom. The van der Waals surface area contributed by atoms with E-state index in [0.717, 1.165) is 26.8 Å². The highest BCUT2D eigenvalue weighted by Gasteiger charge is 2.15. The number of rotatable bonds is 2. The fourth-order valence-electron chi connectivity index (χ4n) is 1.94. The van der Waals surface area contributed by atoms with Crippen molar-refractivity contribution in [1.29, 1.82) is 0 Å². The van der Waals surface area contributed by atoms with Crippen LogP contribution < -0.4 is 5.32 Å². The second kappa shape index (κ2) is 4.33. The molecule has 0 fully saturated rings. The van der Waals surface area contributed by atoms with Crippen LogP contribution in [0.5, 0.6) is 0 Å². The molecule has 0 aliphatic carbocycles. The summed E-state index contributed by atoms with van der Waals surface area (Å²) in [6.45, 7) is 4.12. The lowest BCUT2D eigenvalue weighted by Crippen LogP contribution is -1.87. The van der Waals surface area contributed by atoms with Gasteiger partial charge in [-0.1, -0.05) is 6.07 Å². The summed E-state index contributed by atoms with van der Waals surface area (Å²) in [6, 6.07) is 6.39. The Balaban J connectivity index is 2.22. The van der Waals surface area contributed by atoms with Crippen LogP contribution in [0.2, 0.25) is 0 Å². The molecule has 92 valence electrons. The molecule has 3 rings (SSSR count). The summed E-state index contributed by atoms with van der Waals surface area (Å²) in [5, 5.41) is 5.33. The Bertz CT molecular complexity index is 712. The third kappa shape index (κ3) is 1.79. The van der Waals surface area contributed by atoms with E-state index in [1.165, 1.54) is 21.8 Å². The minimum atomic E-state index is 1.04. The summed E-state index contributed by atoms with van der Waals surface area (Å²) in [6.07, 6.45) is 0. The molecule has 2 aromatic heterocycles. The SMILES string of the molecule is CNc1snc(C)c1-c1nc2cc(C)ccc2s1. The third-order valence-corrected chi connectivity index (χ3v) is 4.86. The van der Waals surface area contributed by atoms with Crippen molar-refractivity contribution in [3.8, 4) is 10.6 Å². The van der Waals surface area contributed by atoms with Crippen molar-refractivity contribution in [2.24, 2.45) is 0 Å². The minimum Gasteiger partial charge on any atom is -0.378 e. The molecule has 0 unspecified atom stereocenters. The number of nitrogens with zero attached hydrogens (tertiary/aromatic N) is 2. The van der Waals surface area contributed by atoms with Gasteiger partial charge in [-0.15, -0.1) is 11.3 Å². The number of thiazole rings is 1. The Labute approximate surface area is 114 Å². The van der Waals surface area contributed by atoms with E-state index < -0.39 is 0 Å². The lowest BCUT2D eigenvalue weighted by molar-refractivity contribution is 1.33. The van der Waals surface area contributed by atoms with Gasteiger partial charge in [-0.3, -0.25) is 0 Å². The topological polar surface area (TPSA) is 37.8 Å². The number of benzene rings is 1. The van der Waals surface area contributed by atoms with E-state index in [1.54, 1.807) is 11.3 Å². The molecule has 1 aromatic carbocycles. The Morgan fingerprint density at radius 3 is 2.83 bits per heavy atom. The number of hydrogen-bond acceptors (Lipinski definition) is 5. The van der Waals surface area contributed by atoms with Crippen LogP contribution in [-0.4, -0.2) is 16.4 Å². The second-order valence-corrected chi connectivity index (χ2v) is 6.02. The van der Waals surface area contributed by atoms with E-state index >= 15 is 0 Å². The van der Waals surface area contributed by atoms with Crippen molar-refractivity contribution < 1.29 is 0 Å². The average Bonchev–Trinajstić information content (AvgIpc) is 2.91. The van der Waals surface area contributed by atoms with Gasteiger partial charge in [0.1, 0.15) is 10.0 Å². The van der Waals surface area contributed by atoms with Crippen molar-refractivity contribution in [3.63, 3.8) is 0 Å². The summed E-state index contributed by atoms with van der Waals surface area (Å²) >= 11 is 3.21. The number of hydrogen-bond donors (Lipinski definition) is 1. The number of fused-ring (bicyclic) bond motifs is 1. The molecule has 0 aliphatic rings. The molecule has 0 amide bonds. The van der Waals surface area contributed by atoms with Gasteiger partial charge in [0, 0.05) is 7.05 Å². The molecule has 0 saturated carbocycles. The van der Waals surface area contributed by atoms with Gasteiger partial charge in [0.2, 0.25) is 0 Å². The first-order chi connectivity index (χ1) is 8.69. The molecule has 3 aromatic rings. The third-order valence-electron chi connectivity index (χ3n) is 2.85. The molecule has 0 bridgehead atoms. The smallest absolute Gasteiger partial charge is 0.129 e. The lowest BCUT2D eigenvalue weighted by Gasteiger charge is -1.98. The zero-order chi connectivity index (χ0) is 12.7. The summed E-state index contributed by atoms with van der Waals surface area (Å²) in [5.74, 6) is 0. The van der Waals surface area contributed by atoms with E-state index in [9.17, 15) is 0 Å². The summed E-state index contributed by atoms with van der Waals surface area (Å²) in [5.41, 5.74) is 4.50. The van der Waals surface area contributed by atoms with Gasteiger partial charge >= 0.3 is 0 Å². The van der Waals surface area contributed by atoms with Crippen molar-refractivity contribution in [2.45, 2.75) is 13.8 Å². The van der Waals surface area contributed by atoms with Crippen molar-refractivity contribution in [2.75, 3.05) is 12.4 Å². The molecule has 3 nitrogen and oxygen atoms in total. The maximum absolute atomic E-state index is 4.73. The molecular weight excluding hydrogens is 262 g/mol.